The van der Waals surface area contributed by atoms with Crippen LogP contribution >= 0.6 is 27.5 Å². The first-order valence-corrected chi connectivity index (χ1v) is 6.11. The van der Waals surface area contributed by atoms with Gasteiger partial charge in [0.1, 0.15) is 12.9 Å². The van der Waals surface area contributed by atoms with Crippen LogP contribution in [0.5, 0.6) is 0 Å². The summed E-state index contributed by atoms with van der Waals surface area (Å²) in [7, 11) is 0. The molecule has 0 aliphatic carbocycles. The van der Waals surface area contributed by atoms with Crippen LogP contribution in [0, 0.1) is 0 Å². The molecule has 0 saturated carbocycles. The lowest BCUT2D eigenvalue weighted by atomic mass is 10.3. The second-order valence-electron chi connectivity index (χ2n) is 3.47. The van der Waals surface area contributed by atoms with Gasteiger partial charge in [-0.15, -0.1) is 5.10 Å². The van der Waals surface area contributed by atoms with Crippen LogP contribution in [0.25, 0.3) is 0 Å². The first-order chi connectivity index (χ1) is 8.54. The van der Waals surface area contributed by atoms with Gasteiger partial charge in [-0.05, 0) is 34.1 Å². The van der Waals surface area contributed by atoms with Crippen molar-refractivity contribution in [3.05, 3.63) is 34.0 Å². The standard InChI is InChI=1S/C10H9BrClN5O/c11-7-2-1-6(12)3-8(7)15-9(18)4-17-5-14-10(13)16-17/h1-3,5H,4H2,(H2,13,16)(H,15,18). The number of nitrogens with zero attached hydrogens (tertiary/aromatic N) is 3. The van der Waals surface area contributed by atoms with E-state index in [4.69, 9.17) is 17.3 Å². The van der Waals surface area contributed by atoms with Crippen molar-refractivity contribution in [3.8, 4) is 0 Å². The summed E-state index contributed by atoms with van der Waals surface area (Å²) in [6.45, 7) is 0.0309. The first-order valence-electron chi connectivity index (χ1n) is 4.94. The largest absolute Gasteiger partial charge is 0.367 e. The zero-order chi connectivity index (χ0) is 13.1. The van der Waals surface area contributed by atoms with Crippen LogP contribution in [0.4, 0.5) is 11.6 Å². The molecule has 0 radical (unpaired) electrons. The van der Waals surface area contributed by atoms with Crippen LogP contribution in [0.3, 0.4) is 0 Å². The summed E-state index contributed by atoms with van der Waals surface area (Å²) in [6.07, 6.45) is 1.39. The summed E-state index contributed by atoms with van der Waals surface area (Å²) in [4.78, 5) is 15.5. The van der Waals surface area contributed by atoms with E-state index in [1.165, 1.54) is 11.0 Å². The number of hydrogen-bond donors (Lipinski definition) is 2. The molecule has 2 rings (SSSR count). The Bertz CT molecular complexity index is 585. The van der Waals surface area contributed by atoms with Gasteiger partial charge in [0.2, 0.25) is 11.9 Å². The predicted molar refractivity (Wildman–Crippen MR) is 72.2 cm³/mol. The summed E-state index contributed by atoms with van der Waals surface area (Å²) in [5.41, 5.74) is 5.95. The zero-order valence-corrected chi connectivity index (χ0v) is 11.4. The number of anilines is 2. The SMILES string of the molecule is Nc1ncn(CC(=O)Nc2cc(Cl)ccc2Br)n1. The number of benzene rings is 1. The van der Waals surface area contributed by atoms with Gasteiger partial charge < -0.3 is 11.1 Å². The molecule has 0 aliphatic rings. The van der Waals surface area contributed by atoms with Crippen LogP contribution in [0.2, 0.25) is 5.02 Å². The molecule has 0 unspecified atom stereocenters. The van der Waals surface area contributed by atoms with Crippen LogP contribution in [-0.4, -0.2) is 20.7 Å². The van der Waals surface area contributed by atoms with E-state index in [-0.39, 0.29) is 18.4 Å². The van der Waals surface area contributed by atoms with E-state index >= 15 is 0 Å². The molecule has 0 fully saturated rings. The maximum Gasteiger partial charge on any atom is 0.246 e. The lowest BCUT2D eigenvalue weighted by Crippen LogP contribution is -2.19. The van der Waals surface area contributed by atoms with Crippen molar-refractivity contribution in [3.63, 3.8) is 0 Å². The number of nitrogens with two attached hydrogens (primary N) is 1. The molecule has 0 atom stereocenters. The van der Waals surface area contributed by atoms with Gasteiger partial charge in [-0.2, -0.15) is 0 Å². The molecule has 1 heterocycles. The van der Waals surface area contributed by atoms with E-state index < -0.39 is 0 Å². The number of carbonyl (C=O) groups excluding carboxylic acids is 1. The fraction of sp³-hybridized carbons (Fsp3) is 0.100. The highest BCUT2D eigenvalue weighted by Gasteiger charge is 2.08. The van der Waals surface area contributed by atoms with Gasteiger partial charge in [0.25, 0.3) is 0 Å². The molecule has 0 saturated heterocycles. The van der Waals surface area contributed by atoms with Crippen LogP contribution in [0.1, 0.15) is 0 Å². The highest BCUT2D eigenvalue weighted by molar-refractivity contribution is 9.10. The van der Waals surface area contributed by atoms with Crippen molar-refractivity contribution < 1.29 is 4.79 Å². The first kappa shape index (κ1) is 12.8. The minimum Gasteiger partial charge on any atom is -0.367 e. The van der Waals surface area contributed by atoms with Gasteiger partial charge in [0.15, 0.2) is 0 Å². The average Bonchev–Trinajstić information content (AvgIpc) is 2.69. The third-order valence-corrected chi connectivity index (χ3v) is 2.99. The second kappa shape index (κ2) is 5.36. The summed E-state index contributed by atoms with van der Waals surface area (Å²) < 4.78 is 2.10. The Balaban J connectivity index is 2.05. The molecule has 3 N–H and O–H groups in total. The molecule has 0 aliphatic heterocycles. The quantitative estimate of drug-likeness (QED) is 0.900. The molecular formula is C10H9BrClN5O. The van der Waals surface area contributed by atoms with Gasteiger partial charge >= 0.3 is 0 Å². The molecule has 6 nitrogen and oxygen atoms in total. The minimum absolute atomic E-state index is 0.0309. The number of carbonyl (C=O) groups is 1. The van der Waals surface area contributed by atoms with Crippen LogP contribution in [-0.2, 0) is 11.3 Å². The number of halogens is 2. The molecular weight excluding hydrogens is 322 g/mol. The van der Waals surface area contributed by atoms with Gasteiger partial charge in [-0.1, -0.05) is 11.6 Å². The van der Waals surface area contributed by atoms with Crippen molar-refractivity contribution in [2.75, 3.05) is 11.1 Å². The summed E-state index contributed by atoms with van der Waals surface area (Å²) in [5.74, 6) is -0.116. The normalized spacial score (nSPS) is 10.3. The molecule has 94 valence electrons. The van der Waals surface area contributed by atoms with E-state index in [1.54, 1.807) is 18.2 Å². The maximum atomic E-state index is 11.8. The van der Waals surface area contributed by atoms with E-state index in [0.29, 0.717) is 10.7 Å². The number of nitrogens with one attached hydrogen (secondary N) is 1. The molecule has 0 spiro atoms. The molecule has 1 aromatic carbocycles. The molecule has 18 heavy (non-hydrogen) atoms. The fourth-order valence-corrected chi connectivity index (χ4v) is 1.83. The molecule has 8 heteroatoms. The Kier molecular flexibility index (Phi) is 3.83. The number of amides is 1. The number of nitrogen functional groups attached to an aromatic ring is 1. The molecule has 0 bridgehead atoms. The Labute approximate surface area is 116 Å². The summed E-state index contributed by atoms with van der Waals surface area (Å²) in [5, 5.41) is 7.07. The van der Waals surface area contributed by atoms with E-state index in [1.807, 2.05) is 0 Å². The number of aromatic nitrogens is 3. The van der Waals surface area contributed by atoms with Crippen molar-refractivity contribution in [2.45, 2.75) is 6.54 Å². The smallest absolute Gasteiger partial charge is 0.246 e. The van der Waals surface area contributed by atoms with Gasteiger partial charge in [0, 0.05) is 9.50 Å². The molecule has 1 amide bonds. The Morgan fingerprint density at radius 1 is 1.56 bits per heavy atom. The van der Waals surface area contributed by atoms with Crippen LogP contribution < -0.4 is 11.1 Å². The Hall–Kier alpha value is -1.60. The number of hydrogen-bond acceptors (Lipinski definition) is 4. The summed E-state index contributed by atoms with van der Waals surface area (Å²) in [6, 6.07) is 5.13. The predicted octanol–water partition coefficient (Wildman–Crippen LogP) is 1.91. The fourth-order valence-electron chi connectivity index (χ4n) is 1.32. The van der Waals surface area contributed by atoms with Crippen molar-refractivity contribution in [1.29, 1.82) is 0 Å². The highest BCUT2D eigenvalue weighted by atomic mass is 79.9. The van der Waals surface area contributed by atoms with Crippen LogP contribution in [0.15, 0.2) is 29.0 Å². The Morgan fingerprint density at radius 3 is 3.00 bits per heavy atom. The highest BCUT2D eigenvalue weighted by Crippen LogP contribution is 2.25. The lowest BCUT2D eigenvalue weighted by Gasteiger charge is -2.07. The Morgan fingerprint density at radius 2 is 2.33 bits per heavy atom. The van der Waals surface area contributed by atoms with E-state index in [9.17, 15) is 4.79 Å². The topological polar surface area (TPSA) is 85.8 Å². The number of rotatable bonds is 3. The van der Waals surface area contributed by atoms with Gasteiger partial charge in [-0.3, -0.25) is 4.79 Å². The lowest BCUT2D eigenvalue weighted by molar-refractivity contribution is -0.116. The third kappa shape index (κ3) is 3.21. The molecule has 1 aromatic heterocycles. The second-order valence-corrected chi connectivity index (χ2v) is 4.76. The third-order valence-electron chi connectivity index (χ3n) is 2.06. The maximum absolute atomic E-state index is 11.8. The van der Waals surface area contributed by atoms with Gasteiger partial charge in [-0.25, -0.2) is 9.67 Å². The monoisotopic (exact) mass is 329 g/mol. The average molecular weight is 331 g/mol. The molecule has 2 aromatic rings. The summed E-state index contributed by atoms with van der Waals surface area (Å²) >= 11 is 9.17. The van der Waals surface area contributed by atoms with Crippen molar-refractivity contribution >= 4 is 45.1 Å². The zero-order valence-electron chi connectivity index (χ0n) is 9.10. The minimum atomic E-state index is -0.247. The van der Waals surface area contributed by atoms with Crippen molar-refractivity contribution in [2.24, 2.45) is 0 Å². The van der Waals surface area contributed by atoms with E-state index in [2.05, 4.69) is 31.3 Å². The van der Waals surface area contributed by atoms with E-state index in [0.717, 1.165) is 4.47 Å². The van der Waals surface area contributed by atoms with Gasteiger partial charge in [0.05, 0.1) is 5.69 Å². The van der Waals surface area contributed by atoms with Crippen molar-refractivity contribution in [1.82, 2.24) is 14.8 Å².